The van der Waals surface area contributed by atoms with Crippen LogP contribution in [-0.2, 0) is 4.79 Å². The van der Waals surface area contributed by atoms with Crippen molar-refractivity contribution in [1.29, 1.82) is 0 Å². The van der Waals surface area contributed by atoms with Crippen LogP contribution >= 0.6 is 0 Å². The molecule has 0 atom stereocenters. The number of allylic oxidation sites excluding steroid dienone is 4. The lowest BCUT2D eigenvalue weighted by Gasteiger charge is -2.10. The summed E-state index contributed by atoms with van der Waals surface area (Å²) < 4.78 is 0. The van der Waals surface area contributed by atoms with E-state index in [-0.39, 0.29) is 5.78 Å². The van der Waals surface area contributed by atoms with E-state index in [1.54, 1.807) is 26.0 Å². The molecule has 0 saturated heterocycles. The molecule has 3 nitrogen and oxygen atoms in total. The second kappa shape index (κ2) is 4.84. The van der Waals surface area contributed by atoms with Gasteiger partial charge in [-0.2, -0.15) is 0 Å². The molecule has 0 unspecified atom stereocenters. The van der Waals surface area contributed by atoms with Crippen LogP contribution in [0.15, 0.2) is 40.4 Å². The zero-order chi connectivity index (χ0) is 14.2. The van der Waals surface area contributed by atoms with Gasteiger partial charge >= 0.3 is 0 Å². The Hall–Kier alpha value is -2.16. The first-order valence-corrected chi connectivity index (χ1v) is 6.18. The molecule has 0 aliphatic heterocycles. The average molecular weight is 255 g/mol. The van der Waals surface area contributed by atoms with Crippen LogP contribution < -0.4 is 0 Å². The minimum Gasteiger partial charge on any atom is -0.507 e. The SMILES string of the molecule is CC1=CC(=Nc2cc(C)c(O)c(C)c2)C=C(C)C1=O. The number of carbonyl (C=O) groups excluding carboxylic acids is 1. The first-order valence-electron chi connectivity index (χ1n) is 6.18. The van der Waals surface area contributed by atoms with Gasteiger partial charge < -0.3 is 5.11 Å². The zero-order valence-corrected chi connectivity index (χ0v) is 11.6. The lowest BCUT2D eigenvalue weighted by Crippen LogP contribution is -2.10. The number of carbonyl (C=O) groups is 1. The second-order valence-corrected chi connectivity index (χ2v) is 4.95. The third-order valence-corrected chi connectivity index (χ3v) is 3.18. The van der Waals surface area contributed by atoms with Crippen molar-refractivity contribution < 1.29 is 9.90 Å². The Balaban J connectivity index is 2.45. The van der Waals surface area contributed by atoms with Crippen molar-refractivity contribution in [3.63, 3.8) is 0 Å². The van der Waals surface area contributed by atoms with Crippen LogP contribution in [0.4, 0.5) is 5.69 Å². The predicted molar refractivity (Wildman–Crippen MR) is 77.2 cm³/mol. The number of phenolic OH excluding ortho intramolecular Hbond substituents is 1. The highest BCUT2D eigenvalue weighted by Crippen LogP contribution is 2.28. The minimum absolute atomic E-state index is 0.0667. The average Bonchev–Trinajstić information content (AvgIpc) is 2.33. The van der Waals surface area contributed by atoms with Gasteiger partial charge in [-0.1, -0.05) is 0 Å². The summed E-state index contributed by atoms with van der Waals surface area (Å²) in [4.78, 5) is 16.2. The smallest absolute Gasteiger partial charge is 0.184 e. The van der Waals surface area contributed by atoms with E-state index >= 15 is 0 Å². The Morgan fingerprint density at radius 1 is 0.947 bits per heavy atom. The van der Waals surface area contributed by atoms with Gasteiger partial charge in [-0.3, -0.25) is 4.79 Å². The molecule has 1 aliphatic rings. The zero-order valence-electron chi connectivity index (χ0n) is 11.6. The lowest BCUT2D eigenvalue weighted by molar-refractivity contribution is -0.112. The lowest BCUT2D eigenvalue weighted by atomic mass is 9.98. The van der Waals surface area contributed by atoms with Gasteiger partial charge in [0.1, 0.15) is 5.75 Å². The maximum atomic E-state index is 11.7. The molecule has 0 fully saturated rings. The summed E-state index contributed by atoms with van der Waals surface area (Å²) >= 11 is 0. The third-order valence-electron chi connectivity index (χ3n) is 3.18. The Morgan fingerprint density at radius 2 is 1.42 bits per heavy atom. The van der Waals surface area contributed by atoms with Crippen molar-refractivity contribution in [2.24, 2.45) is 4.99 Å². The molecule has 0 bridgehead atoms. The second-order valence-electron chi connectivity index (χ2n) is 4.95. The number of aromatic hydroxyl groups is 1. The van der Waals surface area contributed by atoms with Crippen molar-refractivity contribution in [2.75, 3.05) is 0 Å². The number of phenols is 1. The van der Waals surface area contributed by atoms with Gasteiger partial charge in [-0.05, 0) is 74.3 Å². The summed E-state index contributed by atoms with van der Waals surface area (Å²) in [7, 11) is 0. The normalized spacial score (nSPS) is 15.2. The van der Waals surface area contributed by atoms with E-state index < -0.39 is 0 Å². The van der Waals surface area contributed by atoms with Crippen molar-refractivity contribution in [2.45, 2.75) is 27.7 Å². The number of Topliss-reactive ketones (excluding diaryl/α,β-unsaturated/α-hetero) is 1. The molecule has 0 spiro atoms. The molecule has 98 valence electrons. The van der Waals surface area contributed by atoms with Crippen molar-refractivity contribution in [3.8, 4) is 5.75 Å². The fourth-order valence-electron chi connectivity index (χ4n) is 2.14. The molecule has 0 aromatic heterocycles. The molecule has 0 heterocycles. The molecular formula is C16H17NO2. The first-order chi connectivity index (χ1) is 8.88. The molecule has 0 radical (unpaired) electrons. The molecule has 1 aromatic carbocycles. The van der Waals surface area contributed by atoms with E-state index in [0.717, 1.165) is 22.5 Å². The highest BCUT2D eigenvalue weighted by molar-refractivity contribution is 6.21. The number of aliphatic imine (C=N–C) groups is 1. The van der Waals surface area contributed by atoms with Crippen LogP contribution in [0, 0.1) is 13.8 Å². The van der Waals surface area contributed by atoms with Crippen LogP contribution in [-0.4, -0.2) is 16.6 Å². The van der Waals surface area contributed by atoms with Gasteiger partial charge in [0.25, 0.3) is 0 Å². The van der Waals surface area contributed by atoms with Crippen LogP contribution in [0.2, 0.25) is 0 Å². The van der Waals surface area contributed by atoms with E-state index in [4.69, 9.17) is 0 Å². The topological polar surface area (TPSA) is 49.7 Å². The Labute approximate surface area is 113 Å². The number of rotatable bonds is 1. The minimum atomic E-state index is 0.0667. The highest BCUT2D eigenvalue weighted by Gasteiger charge is 2.13. The quantitative estimate of drug-likeness (QED) is 0.780. The standard InChI is InChI=1S/C16H17NO2/c1-9-5-13(6-10(2)15(9)18)17-14-7-11(3)16(19)12(4)8-14/h5-8,18H,1-4H3. The van der Waals surface area contributed by atoms with Gasteiger partial charge in [0.05, 0.1) is 11.4 Å². The van der Waals surface area contributed by atoms with Crippen LogP contribution in [0.1, 0.15) is 25.0 Å². The first kappa shape index (κ1) is 13.3. The van der Waals surface area contributed by atoms with Gasteiger partial charge in [-0.15, -0.1) is 0 Å². The summed E-state index contributed by atoms with van der Waals surface area (Å²) in [5.41, 5.74) is 4.54. The number of hydrogen-bond acceptors (Lipinski definition) is 3. The number of nitrogens with zero attached hydrogens (tertiary/aromatic N) is 1. The number of aryl methyl sites for hydroxylation is 2. The van der Waals surface area contributed by atoms with E-state index in [0.29, 0.717) is 16.9 Å². The van der Waals surface area contributed by atoms with Gasteiger partial charge in [0.2, 0.25) is 0 Å². The molecule has 2 rings (SSSR count). The van der Waals surface area contributed by atoms with Gasteiger partial charge in [0.15, 0.2) is 5.78 Å². The molecule has 3 heteroatoms. The molecule has 1 N–H and O–H groups in total. The maximum absolute atomic E-state index is 11.7. The molecular weight excluding hydrogens is 238 g/mol. The summed E-state index contributed by atoms with van der Waals surface area (Å²) in [5, 5.41) is 9.74. The maximum Gasteiger partial charge on any atom is 0.184 e. The Kier molecular flexibility index (Phi) is 3.38. The molecule has 1 aromatic rings. The monoisotopic (exact) mass is 255 g/mol. The van der Waals surface area contributed by atoms with E-state index in [1.807, 2.05) is 26.0 Å². The predicted octanol–water partition coefficient (Wildman–Crippen LogP) is 3.56. The Bertz CT molecular complexity index is 602. The van der Waals surface area contributed by atoms with Crippen LogP contribution in [0.3, 0.4) is 0 Å². The Morgan fingerprint density at radius 3 is 1.89 bits per heavy atom. The number of ketones is 1. The summed E-state index contributed by atoms with van der Waals surface area (Å²) in [5.74, 6) is 0.373. The fourth-order valence-corrected chi connectivity index (χ4v) is 2.14. The molecule has 19 heavy (non-hydrogen) atoms. The largest absolute Gasteiger partial charge is 0.507 e. The molecule has 0 amide bonds. The van der Waals surface area contributed by atoms with E-state index in [9.17, 15) is 9.90 Å². The highest BCUT2D eigenvalue weighted by atomic mass is 16.3. The third kappa shape index (κ3) is 2.65. The van der Waals surface area contributed by atoms with E-state index in [1.165, 1.54) is 0 Å². The summed E-state index contributed by atoms with van der Waals surface area (Å²) in [6.45, 7) is 7.28. The number of benzene rings is 1. The number of hydrogen-bond donors (Lipinski definition) is 1. The van der Waals surface area contributed by atoms with E-state index in [2.05, 4.69) is 4.99 Å². The molecule has 0 saturated carbocycles. The van der Waals surface area contributed by atoms with Crippen molar-refractivity contribution >= 4 is 17.2 Å². The van der Waals surface area contributed by atoms with Crippen molar-refractivity contribution in [3.05, 3.63) is 46.6 Å². The van der Waals surface area contributed by atoms with Crippen LogP contribution in [0.5, 0.6) is 5.75 Å². The van der Waals surface area contributed by atoms with Crippen molar-refractivity contribution in [1.82, 2.24) is 0 Å². The summed E-state index contributed by atoms with van der Waals surface area (Å²) in [6.07, 6.45) is 3.57. The molecule has 1 aliphatic carbocycles. The van der Waals surface area contributed by atoms with Gasteiger partial charge in [0, 0.05) is 0 Å². The van der Waals surface area contributed by atoms with Gasteiger partial charge in [-0.25, -0.2) is 4.99 Å². The fraction of sp³-hybridized carbons (Fsp3) is 0.250. The van der Waals surface area contributed by atoms with Crippen LogP contribution in [0.25, 0.3) is 0 Å². The summed E-state index contributed by atoms with van der Waals surface area (Å²) in [6, 6.07) is 3.66.